The zero-order valence-electron chi connectivity index (χ0n) is 14.9. The van der Waals surface area contributed by atoms with Crippen LogP contribution in [0.4, 0.5) is 4.39 Å². The fourth-order valence-corrected chi connectivity index (χ4v) is 2.00. The van der Waals surface area contributed by atoms with Crippen molar-refractivity contribution < 1.29 is 9.13 Å². The lowest BCUT2D eigenvalue weighted by Gasteiger charge is -2.13. The van der Waals surface area contributed by atoms with Crippen LogP contribution >= 0.6 is 11.6 Å². The van der Waals surface area contributed by atoms with Crippen molar-refractivity contribution >= 4 is 28.3 Å². The molecule has 0 spiro atoms. The van der Waals surface area contributed by atoms with Gasteiger partial charge in [0.05, 0.1) is 17.5 Å². The maximum atomic E-state index is 13.3. The van der Waals surface area contributed by atoms with Crippen LogP contribution in [0.1, 0.15) is 34.1 Å². The molecule has 0 aromatic heterocycles. The molecule has 2 rings (SSSR count). The molecule has 0 atom stereocenters. The SMILES string of the molecule is CC.CC(C)O/C=C1\N=C(C2=CCC=C(F)C=C2)C=C\C1=N\C(=N)Cl. The largest absolute Gasteiger partial charge is 0.496 e. The molecule has 0 unspecified atom stereocenters. The van der Waals surface area contributed by atoms with Gasteiger partial charge in [-0.3, -0.25) is 5.41 Å². The minimum absolute atomic E-state index is 0.0148. The summed E-state index contributed by atoms with van der Waals surface area (Å²) in [5.74, 6) is -0.270. The average Bonchev–Trinajstić information content (AvgIpc) is 2.80. The second kappa shape index (κ2) is 10.6. The predicted octanol–water partition coefficient (Wildman–Crippen LogP) is 5.64. The molecule has 0 radical (unpaired) electrons. The first kappa shape index (κ1) is 20.8. The number of rotatable bonds is 3. The third-order valence-electron chi connectivity index (χ3n) is 2.94. The van der Waals surface area contributed by atoms with Crippen LogP contribution in [0, 0.1) is 5.41 Å². The molecule has 1 aliphatic carbocycles. The van der Waals surface area contributed by atoms with Crippen molar-refractivity contribution in [3.63, 3.8) is 0 Å². The molecular weight excluding hydrogens is 341 g/mol. The Morgan fingerprint density at radius 1 is 1.28 bits per heavy atom. The van der Waals surface area contributed by atoms with Crippen molar-refractivity contribution in [2.24, 2.45) is 9.98 Å². The van der Waals surface area contributed by atoms with Gasteiger partial charge in [0.1, 0.15) is 17.8 Å². The second-order valence-electron chi connectivity index (χ2n) is 5.12. The number of hydrogen-bond donors (Lipinski definition) is 1. The van der Waals surface area contributed by atoms with Gasteiger partial charge in [-0.05, 0) is 61.7 Å². The molecular formula is C19H23ClFN3O. The molecule has 0 fully saturated rings. The number of nitrogens with zero attached hydrogens (tertiary/aromatic N) is 2. The Kier molecular flexibility index (Phi) is 8.78. The van der Waals surface area contributed by atoms with Crippen molar-refractivity contribution in [2.75, 3.05) is 0 Å². The number of aliphatic imine (C=N–C) groups is 2. The third kappa shape index (κ3) is 7.01. The van der Waals surface area contributed by atoms with E-state index in [4.69, 9.17) is 21.7 Å². The van der Waals surface area contributed by atoms with E-state index in [0.29, 0.717) is 23.5 Å². The summed E-state index contributed by atoms with van der Waals surface area (Å²) in [6, 6.07) is 0. The Balaban J connectivity index is 0.00000151. The predicted molar refractivity (Wildman–Crippen MR) is 104 cm³/mol. The molecule has 1 aliphatic heterocycles. The van der Waals surface area contributed by atoms with Crippen molar-refractivity contribution in [2.45, 2.75) is 40.2 Å². The summed E-state index contributed by atoms with van der Waals surface area (Å²) in [5, 5.41) is 6.96. The summed E-state index contributed by atoms with van der Waals surface area (Å²) in [6.45, 7) is 7.79. The lowest BCUT2D eigenvalue weighted by molar-refractivity contribution is 0.178. The smallest absolute Gasteiger partial charge is 0.215 e. The zero-order chi connectivity index (χ0) is 18.8. The first-order valence-corrected chi connectivity index (χ1v) is 8.53. The molecule has 2 aliphatic rings. The first-order chi connectivity index (χ1) is 12.0. The highest BCUT2D eigenvalue weighted by atomic mass is 35.5. The Morgan fingerprint density at radius 3 is 2.64 bits per heavy atom. The van der Waals surface area contributed by atoms with Crippen LogP contribution in [0.15, 0.2) is 69.8 Å². The van der Waals surface area contributed by atoms with Gasteiger partial charge >= 0.3 is 0 Å². The quantitative estimate of drug-likeness (QED) is 0.300. The monoisotopic (exact) mass is 363 g/mol. The van der Waals surface area contributed by atoms with Gasteiger partial charge in [0.15, 0.2) is 0 Å². The first-order valence-electron chi connectivity index (χ1n) is 8.15. The minimum atomic E-state index is -0.335. The van der Waals surface area contributed by atoms with Gasteiger partial charge in [-0.25, -0.2) is 14.4 Å². The molecule has 0 saturated heterocycles. The molecule has 0 saturated carbocycles. The zero-order valence-corrected chi connectivity index (χ0v) is 15.6. The minimum Gasteiger partial charge on any atom is -0.496 e. The molecule has 134 valence electrons. The van der Waals surface area contributed by atoms with Crippen molar-refractivity contribution in [3.8, 4) is 0 Å². The second-order valence-corrected chi connectivity index (χ2v) is 5.48. The van der Waals surface area contributed by atoms with Crippen LogP contribution in [-0.2, 0) is 4.74 Å². The normalized spacial score (nSPS) is 19.7. The van der Waals surface area contributed by atoms with E-state index in [0.717, 1.165) is 5.57 Å². The topological polar surface area (TPSA) is 57.8 Å². The van der Waals surface area contributed by atoms with Crippen molar-refractivity contribution in [1.29, 1.82) is 5.41 Å². The van der Waals surface area contributed by atoms with Gasteiger partial charge in [0.2, 0.25) is 5.29 Å². The van der Waals surface area contributed by atoms with Gasteiger partial charge in [0, 0.05) is 0 Å². The fourth-order valence-electron chi connectivity index (χ4n) is 1.91. The van der Waals surface area contributed by atoms with Gasteiger partial charge in [-0.1, -0.05) is 26.0 Å². The summed E-state index contributed by atoms with van der Waals surface area (Å²) in [5.41, 5.74) is 2.38. The van der Waals surface area contributed by atoms with E-state index in [-0.39, 0.29) is 17.2 Å². The van der Waals surface area contributed by atoms with E-state index in [2.05, 4.69) is 9.98 Å². The van der Waals surface area contributed by atoms with Crippen LogP contribution in [0.25, 0.3) is 0 Å². The lowest BCUT2D eigenvalue weighted by Crippen LogP contribution is -2.11. The van der Waals surface area contributed by atoms with Gasteiger partial charge < -0.3 is 4.74 Å². The van der Waals surface area contributed by atoms with E-state index in [1.54, 1.807) is 18.2 Å². The molecule has 1 N–H and O–H groups in total. The van der Waals surface area contributed by atoms with E-state index in [1.165, 1.54) is 18.4 Å². The number of ether oxygens (including phenoxy) is 1. The summed E-state index contributed by atoms with van der Waals surface area (Å²) in [6.07, 6.45) is 11.9. The van der Waals surface area contributed by atoms with Gasteiger partial charge in [-0.15, -0.1) is 0 Å². The molecule has 4 nitrogen and oxygen atoms in total. The average molecular weight is 364 g/mol. The van der Waals surface area contributed by atoms with Crippen LogP contribution in [0.3, 0.4) is 0 Å². The number of dihydropyridines is 1. The van der Waals surface area contributed by atoms with E-state index in [9.17, 15) is 4.39 Å². The Morgan fingerprint density at radius 2 is 2.00 bits per heavy atom. The van der Waals surface area contributed by atoms with E-state index >= 15 is 0 Å². The molecule has 0 aromatic carbocycles. The standard InChI is InChI=1S/C17H17ClFN3O.C2H6/c1-11(2)23-10-16-15(22-17(18)20)9-8-14(21-16)12-4-3-5-13(19)7-6-12;1-2/h4-11,20H,3H2,1-2H3;1-2H3/b16-10-,20-17?,22-15-;. The highest BCUT2D eigenvalue weighted by molar-refractivity contribution is 6.65. The summed E-state index contributed by atoms with van der Waals surface area (Å²) in [4.78, 5) is 8.41. The number of hydrogen-bond acceptors (Lipinski definition) is 3. The van der Waals surface area contributed by atoms with Gasteiger partial charge in [0.25, 0.3) is 0 Å². The molecule has 0 aromatic rings. The molecule has 6 heteroatoms. The highest BCUT2D eigenvalue weighted by Crippen LogP contribution is 2.19. The third-order valence-corrected chi connectivity index (χ3v) is 3.03. The van der Waals surface area contributed by atoms with Gasteiger partial charge in [-0.2, -0.15) is 0 Å². The molecule has 1 heterocycles. The fraction of sp³-hybridized carbons (Fsp3) is 0.316. The number of amidine groups is 1. The molecule has 25 heavy (non-hydrogen) atoms. The maximum Gasteiger partial charge on any atom is 0.215 e. The van der Waals surface area contributed by atoms with Crippen molar-refractivity contribution in [1.82, 2.24) is 0 Å². The lowest BCUT2D eigenvalue weighted by atomic mass is 10.0. The maximum absolute atomic E-state index is 13.3. The Labute approximate surface area is 153 Å². The summed E-state index contributed by atoms with van der Waals surface area (Å²) < 4.78 is 18.7. The van der Waals surface area contributed by atoms with Crippen molar-refractivity contribution in [3.05, 3.63) is 59.8 Å². The van der Waals surface area contributed by atoms with E-state index < -0.39 is 0 Å². The van der Waals surface area contributed by atoms with Crippen LogP contribution in [-0.4, -0.2) is 22.8 Å². The van der Waals surface area contributed by atoms with Crippen LogP contribution in [0.2, 0.25) is 0 Å². The van der Waals surface area contributed by atoms with Crippen LogP contribution in [0.5, 0.6) is 0 Å². The van der Waals surface area contributed by atoms with Crippen LogP contribution < -0.4 is 0 Å². The Hall–Kier alpha value is -2.27. The number of halogens is 2. The molecule has 0 amide bonds. The highest BCUT2D eigenvalue weighted by Gasteiger charge is 2.14. The molecule has 0 bridgehead atoms. The summed E-state index contributed by atoms with van der Waals surface area (Å²) >= 11 is 5.54. The Bertz CT molecular complexity index is 710. The van der Waals surface area contributed by atoms with E-state index in [1.807, 2.05) is 33.8 Å². The summed E-state index contributed by atoms with van der Waals surface area (Å²) in [7, 11) is 0. The number of nitrogens with one attached hydrogen (secondary N) is 1. The number of allylic oxidation sites excluding steroid dienone is 8.